The van der Waals surface area contributed by atoms with Gasteiger partial charge in [-0.2, -0.15) is 0 Å². The maximum absolute atomic E-state index is 13.4. The number of ether oxygens (including phenoxy) is 1. The van der Waals surface area contributed by atoms with Crippen molar-refractivity contribution in [3.05, 3.63) is 59.4 Å². The summed E-state index contributed by atoms with van der Waals surface area (Å²) in [7, 11) is 1.76. The highest BCUT2D eigenvalue weighted by molar-refractivity contribution is 5.46. The first-order valence-corrected chi connectivity index (χ1v) is 10.6. The summed E-state index contributed by atoms with van der Waals surface area (Å²) in [5, 5.41) is 0. The molecule has 1 saturated heterocycles. The van der Waals surface area contributed by atoms with Crippen LogP contribution in [0.15, 0.2) is 42.5 Å². The zero-order chi connectivity index (χ0) is 19.8. The predicted molar refractivity (Wildman–Crippen MR) is 115 cm³/mol. The van der Waals surface area contributed by atoms with Crippen molar-refractivity contribution >= 4 is 5.69 Å². The summed E-state index contributed by atoms with van der Waals surface area (Å²) in [6.07, 6.45) is 5.88. The lowest BCUT2D eigenvalue weighted by Crippen LogP contribution is -2.47. The van der Waals surface area contributed by atoms with E-state index in [1.165, 1.54) is 36.5 Å². The van der Waals surface area contributed by atoms with E-state index in [1.54, 1.807) is 19.2 Å². The van der Waals surface area contributed by atoms with Crippen molar-refractivity contribution in [2.45, 2.75) is 39.0 Å². The van der Waals surface area contributed by atoms with Gasteiger partial charge in [-0.1, -0.05) is 38.0 Å². The standard InChI is InChI=1S/C24H33FN2O/c1-3-4-5-7-21-18-20(10-11-24(21)28-2)12-13-26-14-16-27(17-15-26)23-9-6-8-22(25)19-23/h6,8-11,18-19H,3-5,7,12-17H2,1-2H3. The number of methoxy groups -OCH3 is 1. The third-order valence-corrected chi connectivity index (χ3v) is 5.66. The molecule has 1 aliphatic heterocycles. The van der Waals surface area contributed by atoms with Crippen molar-refractivity contribution in [1.29, 1.82) is 0 Å². The molecule has 4 heteroatoms. The Morgan fingerprint density at radius 1 is 0.964 bits per heavy atom. The molecule has 0 amide bonds. The third-order valence-electron chi connectivity index (χ3n) is 5.66. The second kappa shape index (κ2) is 10.5. The number of aryl methyl sites for hydroxylation is 1. The van der Waals surface area contributed by atoms with Crippen molar-refractivity contribution in [3.63, 3.8) is 0 Å². The molecule has 0 unspecified atom stereocenters. The van der Waals surface area contributed by atoms with Gasteiger partial charge in [0.25, 0.3) is 0 Å². The minimum absolute atomic E-state index is 0.158. The maximum Gasteiger partial charge on any atom is 0.125 e. The van der Waals surface area contributed by atoms with E-state index in [0.717, 1.165) is 57.0 Å². The first-order chi connectivity index (χ1) is 13.7. The molecule has 3 nitrogen and oxygen atoms in total. The van der Waals surface area contributed by atoms with Gasteiger partial charge < -0.3 is 9.64 Å². The molecular weight excluding hydrogens is 351 g/mol. The summed E-state index contributed by atoms with van der Waals surface area (Å²) in [5.74, 6) is 0.859. The van der Waals surface area contributed by atoms with E-state index in [0.29, 0.717) is 0 Å². The molecule has 1 fully saturated rings. The Bertz CT molecular complexity index is 741. The van der Waals surface area contributed by atoms with Crippen LogP contribution in [0, 0.1) is 5.82 Å². The molecule has 152 valence electrons. The Morgan fingerprint density at radius 2 is 1.79 bits per heavy atom. The Morgan fingerprint density at radius 3 is 2.50 bits per heavy atom. The third kappa shape index (κ3) is 5.71. The maximum atomic E-state index is 13.4. The van der Waals surface area contributed by atoms with Crippen LogP contribution in [0.1, 0.15) is 37.3 Å². The van der Waals surface area contributed by atoms with Crippen molar-refractivity contribution in [1.82, 2.24) is 4.90 Å². The summed E-state index contributed by atoms with van der Waals surface area (Å²) in [6, 6.07) is 13.6. The minimum atomic E-state index is -0.158. The predicted octanol–water partition coefficient (Wildman–Crippen LogP) is 4.93. The molecule has 0 saturated carbocycles. The van der Waals surface area contributed by atoms with Gasteiger partial charge in [-0.05, 0) is 54.7 Å². The summed E-state index contributed by atoms with van der Waals surface area (Å²) in [4.78, 5) is 4.79. The molecule has 2 aromatic rings. The average molecular weight is 385 g/mol. The van der Waals surface area contributed by atoms with Crippen LogP contribution < -0.4 is 9.64 Å². The highest BCUT2D eigenvalue weighted by atomic mass is 19.1. The summed E-state index contributed by atoms with van der Waals surface area (Å²) < 4.78 is 19.0. The minimum Gasteiger partial charge on any atom is -0.496 e. The lowest BCUT2D eigenvalue weighted by atomic mass is 10.0. The van der Waals surface area contributed by atoms with E-state index in [4.69, 9.17) is 4.74 Å². The van der Waals surface area contributed by atoms with Gasteiger partial charge in [-0.3, -0.25) is 4.90 Å². The number of nitrogens with zero attached hydrogens (tertiary/aromatic N) is 2. The molecule has 0 radical (unpaired) electrons. The lowest BCUT2D eigenvalue weighted by molar-refractivity contribution is 0.261. The largest absolute Gasteiger partial charge is 0.496 e. The molecule has 1 heterocycles. The smallest absolute Gasteiger partial charge is 0.125 e. The van der Waals surface area contributed by atoms with Crippen molar-refractivity contribution < 1.29 is 9.13 Å². The van der Waals surface area contributed by atoms with Crippen molar-refractivity contribution in [2.24, 2.45) is 0 Å². The van der Waals surface area contributed by atoms with E-state index < -0.39 is 0 Å². The molecule has 0 bridgehead atoms. The summed E-state index contributed by atoms with van der Waals surface area (Å²) in [6.45, 7) is 7.26. The quantitative estimate of drug-likeness (QED) is 0.570. The van der Waals surface area contributed by atoms with Gasteiger partial charge in [0.05, 0.1) is 7.11 Å². The second-order valence-corrected chi connectivity index (χ2v) is 7.66. The van der Waals surface area contributed by atoms with Crippen LogP contribution in [0.25, 0.3) is 0 Å². The fourth-order valence-corrected chi connectivity index (χ4v) is 3.94. The van der Waals surface area contributed by atoms with Gasteiger partial charge in [0.15, 0.2) is 0 Å². The van der Waals surface area contributed by atoms with Gasteiger partial charge in [0.2, 0.25) is 0 Å². The van der Waals surface area contributed by atoms with E-state index in [9.17, 15) is 4.39 Å². The number of piperazine rings is 1. The number of unbranched alkanes of at least 4 members (excludes halogenated alkanes) is 2. The average Bonchev–Trinajstić information content (AvgIpc) is 2.73. The molecule has 0 aromatic heterocycles. The van der Waals surface area contributed by atoms with Gasteiger partial charge in [0, 0.05) is 38.4 Å². The van der Waals surface area contributed by atoms with E-state index in [-0.39, 0.29) is 5.82 Å². The van der Waals surface area contributed by atoms with Gasteiger partial charge >= 0.3 is 0 Å². The van der Waals surface area contributed by atoms with E-state index >= 15 is 0 Å². The zero-order valence-electron chi connectivity index (χ0n) is 17.3. The van der Waals surface area contributed by atoms with Crippen LogP contribution in [0.2, 0.25) is 0 Å². The second-order valence-electron chi connectivity index (χ2n) is 7.66. The highest BCUT2D eigenvalue weighted by Gasteiger charge is 2.17. The lowest BCUT2D eigenvalue weighted by Gasteiger charge is -2.36. The molecule has 0 N–H and O–H groups in total. The van der Waals surface area contributed by atoms with Crippen LogP contribution >= 0.6 is 0 Å². The Hall–Kier alpha value is -2.07. The van der Waals surface area contributed by atoms with Gasteiger partial charge in [-0.25, -0.2) is 4.39 Å². The number of rotatable bonds is 9. The van der Waals surface area contributed by atoms with Gasteiger partial charge in [-0.15, -0.1) is 0 Å². The molecule has 1 aliphatic rings. The van der Waals surface area contributed by atoms with Crippen molar-refractivity contribution in [3.8, 4) is 5.75 Å². The Labute approximate surface area is 169 Å². The van der Waals surface area contributed by atoms with Crippen LogP contribution in [-0.2, 0) is 12.8 Å². The first kappa shape index (κ1) is 20.7. The SMILES string of the molecule is CCCCCc1cc(CCN2CCN(c3cccc(F)c3)CC2)ccc1OC. The van der Waals surface area contributed by atoms with Crippen LogP contribution in [0.3, 0.4) is 0 Å². The van der Waals surface area contributed by atoms with E-state index in [1.807, 2.05) is 6.07 Å². The fourth-order valence-electron chi connectivity index (χ4n) is 3.94. The molecule has 2 aromatic carbocycles. The summed E-state index contributed by atoms with van der Waals surface area (Å²) >= 11 is 0. The van der Waals surface area contributed by atoms with Gasteiger partial charge in [0.1, 0.15) is 11.6 Å². The number of benzene rings is 2. The Kier molecular flexibility index (Phi) is 7.72. The topological polar surface area (TPSA) is 15.7 Å². The normalized spacial score (nSPS) is 15.0. The van der Waals surface area contributed by atoms with Crippen molar-refractivity contribution in [2.75, 3.05) is 44.7 Å². The molecule has 0 aliphatic carbocycles. The molecular formula is C24H33FN2O. The summed E-state index contributed by atoms with van der Waals surface area (Å²) in [5.41, 5.74) is 3.72. The van der Waals surface area contributed by atoms with Crippen LogP contribution in [0.5, 0.6) is 5.75 Å². The van der Waals surface area contributed by atoms with Crippen LogP contribution in [0.4, 0.5) is 10.1 Å². The Balaban J connectivity index is 1.50. The van der Waals surface area contributed by atoms with E-state index in [2.05, 4.69) is 34.9 Å². The highest BCUT2D eigenvalue weighted by Crippen LogP contribution is 2.23. The fraction of sp³-hybridized carbons (Fsp3) is 0.500. The molecule has 0 spiro atoms. The molecule has 3 rings (SSSR count). The number of hydrogen-bond donors (Lipinski definition) is 0. The van der Waals surface area contributed by atoms with Crippen LogP contribution in [-0.4, -0.2) is 44.7 Å². The zero-order valence-corrected chi connectivity index (χ0v) is 17.3. The number of hydrogen-bond acceptors (Lipinski definition) is 3. The molecule has 28 heavy (non-hydrogen) atoms. The molecule has 0 atom stereocenters. The first-order valence-electron chi connectivity index (χ1n) is 10.6. The number of halogens is 1. The number of anilines is 1. The monoisotopic (exact) mass is 384 g/mol.